The van der Waals surface area contributed by atoms with Crippen LogP contribution < -0.4 is 0 Å². The van der Waals surface area contributed by atoms with Crippen LogP contribution in [0, 0.1) is 0 Å². The summed E-state index contributed by atoms with van der Waals surface area (Å²) in [5.74, 6) is -0.313. The molecule has 0 aromatic heterocycles. The van der Waals surface area contributed by atoms with Gasteiger partial charge in [-0.2, -0.15) is 0 Å². The van der Waals surface area contributed by atoms with Crippen molar-refractivity contribution in [3.05, 3.63) is 33.8 Å². The van der Waals surface area contributed by atoms with Crippen molar-refractivity contribution in [2.24, 2.45) is 0 Å². The first kappa shape index (κ1) is 23.8. The molecule has 4 nitrogen and oxygen atoms in total. The van der Waals surface area contributed by atoms with Gasteiger partial charge in [0.1, 0.15) is 6.61 Å². The van der Waals surface area contributed by atoms with Gasteiger partial charge in [0.15, 0.2) is 0 Å². The SMILES string of the molecule is CCCCOC(=O)CCCCCCCCC(=O)OCc1cccc(Cl)c1Cl. The van der Waals surface area contributed by atoms with Crippen LogP contribution in [0.1, 0.15) is 76.7 Å². The van der Waals surface area contributed by atoms with Gasteiger partial charge in [0.05, 0.1) is 16.7 Å². The number of halogens is 2. The molecule has 152 valence electrons. The summed E-state index contributed by atoms with van der Waals surface area (Å²) in [5, 5.41) is 0.889. The lowest BCUT2D eigenvalue weighted by atomic mass is 10.1. The molecule has 0 aliphatic carbocycles. The Labute approximate surface area is 172 Å². The average Bonchev–Trinajstić information content (AvgIpc) is 2.65. The molecule has 0 unspecified atom stereocenters. The first-order valence-electron chi connectivity index (χ1n) is 9.78. The standard InChI is InChI=1S/C21H30Cl2O4/c1-2-3-15-26-19(24)13-8-6-4-5-7-9-14-20(25)27-16-17-11-10-12-18(22)21(17)23/h10-12H,2-9,13-16H2,1H3. The number of benzene rings is 1. The second kappa shape index (κ2) is 14.8. The van der Waals surface area contributed by atoms with Crippen molar-refractivity contribution in [1.82, 2.24) is 0 Å². The summed E-state index contributed by atoms with van der Waals surface area (Å²) in [6.45, 7) is 2.75. The summed E-state index contributed by atoms with van der Waals surface area (Å²) >= 11 is 12.0. The molecule has 0 atom stereocenters. The Hall–Kier alpha value is -1.26. The lowest BCUT2D eigenvalue weighted by Gasteiger charge is -2.07. The highest BCUT2D eigenvalue weighted by Crippen LogP contribution is 2.26. The fourth-order valence-corrected chi connectivity index (χ4v) is 2.91. The minimum atomic E-state index is -0.221. The van der Waals surface area contributed by atoms with Crippen molar-refractivity contribution in [2.75, 3.05) is 6.61 Å². The maximum atomic E-state index is 11.8. The molecule has 27 heavy (non-hydrogen) atoms. The second-order valence-corrected chi connectivity index (χ2v) is 7.35. The van der Waals surface area contributed by atoms with Gasteiger partial charge in [-0.15, -0.1) is 0 Å². The zero-order valence-corrected chi connectivity index (χ0v) is 17.6. The molecule has 0 fully saturated rings. The zero-order chi connectivity index (χ0) is 19.9. The second-order valence-electron chi connectivity index (χ2n) is 6.57. The molecule has 1 rings (SSSR count). The Morgan fingerprint density at radius 2 is 1.44 bits per heavy atom. The van der Waals surface area contributed by atoms with Gasteiger partial charge in [-0.25, -0.2) is 0 Å². The number of esters is 2. The summed E-state index contributed by atoms with van der Waals surface area (Å²) in [5.41, 5.74) is 0.714. The van der Waals surface area contributed by atoms with E-state index in [2.05, 4.69) is 6.92 Å². The van der Waals surface area contributed by atoms with E-state index in [1.807, 2.05) is 0 Å². The lowest BCUT2D eigenvalue weighted by molar-refractivity contribution is -0.145. The maximum absolute atomic E-state index is 11.8. The van der Waals surface area contributed by atoms with E-state index in [0.717, 1.165) is 51.4 Å². The molecule has 0 heterocycles. The van der Waals surface area contributed by atoms with Gasteiger partial charge in [-0.3, -0.25) is 9.59 Å². The van der Waals surface area contributed by atoms with Crippen molar-refractivity contribution >= 4 is 35.1 Å². The minimum Gasteiger partial charge on any atom is -0.466 e. The topological polar surface area (TPSA) is 52.6 Å². The van der Waals surface area contributed by atoms with Crippen LogP contribution in [-0.4, -0.2) is 18.5 Å². The molecule has 0 saturated carbocycles. The molecule has 6 heteroatoms. The van der Waals surface area contributed by atoms with E-state index in [1.54, 1.807) is 18.2 Å². The van der Waals surface area contributed by atoms with Crippen molar-refractivity contribution in [3.63, 3.8) is 0 Å². The number of hydrogen-bond acceptors (Lipinski definition) is 4. The molecular weight excluding hydrogens is 387 g/mol. The van der Waals surface area contributed by atoms with E-state index in [-0.39, 0.29) is 18.5 Å². The molecule has 0 aliphatic heterocycles. The molecule has 0 amide bonds. The first-order valence-corrected chi connectivity index (χ1v) is 10.5. The van der Waals surface area contributed by atoms with Crippen molar-refractivity contribution < 1.29 is 19.1 Å². The monoisotopic (exact) mass is 416 g/mol. The Morgan fingerprint density at radius 1 is 0.852 bits per heavy atom. The van der Waals surface area contributed by atoms with Crippen LogP contribution >= 0.6 is 23.2 Å². The minimum absolute atomic E-state index is 0.0917. The van der Waals surface area contributed by atoms with Crippen LogP contribution in [0.15, 0.2) is 18.2 Å². The van der Waals surface area contributed by atoms with Crippen LogP contribution in [0.25, 0.3) is 0 Å². The van der Waals surface area contributed by atoms with E-state index in [9.17, 15) is 9.59 Å². The van der Waals surface area contributed by atoms with E-state index in [1.165, 1.54) is 0 Å². The molecule has 0 spiro atoms. The molecule has 0 bridgehead atoms. The Bertz CT molecular complexity index is 575. The molecule has 0 saturated heterocycles. The van der Waals surface area contributed by atoms with Crippen LogP contribution in [0.3, 0.4) is 0 Å². The molecule has 1 aromatic rings. The summed E-state index contributed by atoms with van der Waals surface area (Å²) in [4.78, 5) is 23.2. The highest BCUT2D eigenvalue weighted by Gasteiger charge is 2.08. The first-order chi connectivity index (χ1) is 13.0. The third-order valence-corrected chi connectivity index (χ3v) is 5.05. The third-order valence-electron chi connectivity index (χ3n) is 4.19. The van der Waals surface area contributed by atoms with Gasteiger partial charge in [-0.05, 0) is 25.3 Å². The third kappa shape index (κ3) is 11.2. The number of unbranched alkanes of at least 4 members (excludes halogenated alkanes) is 6. The summed E-state index contributed by atoms with van der Waals surface area (Å²) < 4.78 is 10.4. The van der Waals surface area contributed by atoms with Gasteiger partial charge in [0, 0.05) is 18.4 Å². The van der Waals surface area contributed by atoms with Gasteiger partial charge < -0.3 is 9.47 Å². The molecule has 0 aliphatic rings. The van der Waals surface area contributed by atoms with E-state index in [4.69, 9.17) is 32.7 Å². The van der Waals surface area contributed by atoms with Crippen LogP contribution in [-0.2, 0) is 25.7 Å². The summed E-state index contributed by atoms with van der Waals surface area (Å²) in [6.07, 6.45) is 8.66. The van der Waals surface area contributed by atoms with E-state index in [0.29, 0.717) is 35.1 Å². The summed E-state index contributed by atoms with van der Waals surface area (Å²) in [7, 11) is 0. The Morgan fingerprint density at radius 3 is 2.07 bits per heavy atom. The number of hydrogen-bond donors (Lipinski definition) is 0. The Balaban J connectivity index is 1.98. The van der Waals surface area contributed by atoms with Gasteiger partial charge >= 0.3 is 11.9 Å². The smallest absolute Gasteiger partial charge is 0.306 e. The number of carbonyl (C=O) groups is 2. The highest BCUT2D eigenvalue weighted by atomic mass is 35.5. The van der Waals surface area contributed by atoms with Crippen molar-refractivity contribution in [3.8, 4) is 0 Å². The van der Waals surface area contributed by atoms with Gasteiger partial charge in [0.25, 0.3) is 0 Å². The predicted molar refractivity (Wildman–Crippen MR) is 109 cm³/mol. The van der Waals surface area contributed by atoms with Crippen LogP contribution in [0.4, 0.5) is 0 Å². The highest BCUT2D eigenvalue weighted by molar-refractivity contribution is 6.42. The fraction of sp³-hybridized carbons (Fsp3) is 0.619. The van der Waals surface area contributed by atoms with Crippen molar-refractivity contribution in [2.45, 2.75) is 77.7 Å². The molecule has 0 radical (unpaired) electrons. The van der Waals surface area contributed by atoms with E-state index < -0.39 is 0 Å². The van der Waals surface area contributed by atoms with E-state index >= 15 is 0 Å². The van der Waals surface area contributed by atoms with Crippen LogP contribution in [0.5, 0.6) is 0 Å². The largest absolute Gasteiger partial charge is 0.466 e. The zero-order valence-electron chi connectivity index (χ0n) is 16.1. The Kier molecular flexibility index (Phi) is 13.0. The molecule has 1 aromatic carbocycles. The van der Waals surface area contributed by atoms with Gasteiger partial charge in [-0.1, -0.05) is 74.4 Å². The normalized spacial score (nSPS) is 10.6. The quantitative estimate of drug-likeness (QED) is 0.256. The summed E-state index contributed by atoms with van der Waals surface area (Å²) in [6, 6.07) is 5.27. The van der Waals surface area contributed by atoms with Crippen LogP contribution in [0.2, 0.25) is 10.0 Å². The van der Waals surface area contributed by atoms with Crippen molar-refractivity contribution in [1.29, 1.82) is 0 Å². The number of ether oxygens (including phenoxy) is 2. The predicted octanol–water partition coefficient (Wildman–Crippen LogP) is 6.50. The fourth-order valence-electron chi connectivity index (χ4n) is 2.54. The average molecular weight is 417 g/mol. The molecular formula is C21H30Cl2O4. The maximum Gasteiger partial charge on any atom is 0.306 e. The molecule has 0 N–H and O–H groups in total. The number of carbonyl (C=O) groups excluding carboxylic acids is 2. The number of rotatable bonds is 14. The lowest BCUT2D eigenvalue weighted by Crippen LogP contribution is -2.05. The van der Waals surface area contributed by atoms with Gasteiger partial charge in [0.2, 0.25) is 0 Å².